The third-order valence-electron chi connectivity index (χ3n) is 2.29. The molecule has 7 nitrogen and oxygen atoms in total. The van der Waals surface area contributed by atoms with Crippen molar-refractivity contribution < 1.29 is 4.92 Å². The van der Waals surface area contributed by atoms with Crippen LogP contribution in [0.2, 0.25) is 5.02 Å². The first-order chi connectivity index (χ1) is 8.61. The van der Waals surface area contributed by atoms with E-state index >= 15 is 0 Å². The lowest BCUT2D eigenvalue weighted by Crippen LogP contribution is -2.04. The van der Waals surface area contributed by atoms with Crippen molar-refractivity contribution in [2.24, 2.45) is 0 Å². The van der Waals surface area contributed by atoms with Crippen molar-refractivity contribution >= 4 is 17.3 Å². The number of nitrogens with one attached hydrogen (secondary N) is 1. The molecule has 0 saturated heterocycles. The lowest BCUT2D eigenvalue weighted by molar-refractivity contribution is -0.384. The van der Waals surface area contributed by atoms with Crippen LogP contribution in [0.3, 0.4) is 0 Å². The van der Waals surface area contributed by atoms with Crippen LogP contribution in [0.15, 0.2) is 24.4 Å². The van der Waals surface area contributed by atoms with Crippen molar-refractivity contribution in [1.82, 2.24) is 20.3 Å². The maximum Gasteiger partial charge on any atom is 0.288 e. The van der Waals surface area contributed by atoms with Crippen LogP contribution in [0, 0.1) is 10.1 Å². The topological polar surface area (TPSA) is 85.9 Å². The van der Waals surface area contributed by atoms with Gasteiger partial charge in [-0.15, -0.1) is 5.10 Å². The van der Waals surface area contributed by atoms with Gasteiger partial charge in [-0.1, -0.05) is 16.8 Å². The van der Waals surface area contributed by atoms with Gasteiger partial charge in [0.15, 0.2) is 0 Å². The molecule has 1 heterocycles. The van der Waals surface area contributed by atoms with Gasteiger partial charge in [-0.25, -0.2) is 4.68 Å². The number of aromatic nitrogens is 3. The summed E-state index contributed by atoms with van der Waals surface area (Å²) >= 11 is 5.83. The zero-order chi connectivity index (χ0) is 13.1. The summed E-state index contributed by atoms with van der Waals surface area (Å²) in [5.74, 6) is 0. The molecule has 1 aromatic heterocycles. The fraction of sp³-hybridized carbons (Fsp3) is 0.200. The van der Waals surface area contributed by atoms with Gasteiger partial charge in [0.25, 0.3) is 5.69 Å². The number of halogens is 1. The van der Waals surface area contributed by atoms with E-state index in [0.29, 0.717) is 12.2 Å². The minimum Gasteiger partial charge on any atom is -0.314 e. The molecule has 0 saturated carbocycles. The van der Waals surface area contributed by atoms with Crippen molar-refractivity contribution in [3.05, 3.63) is 45.2 Å². The Kier molecular flexibility index (Phi) is 3.54. The number of benzene rings is 1. The molecule has 0 fully saturated rings. The summed E-state index contributed by atoms with van der Waals surface area (Å²) in [6, 6.07) is 4.40. The third-order valence-corrected chi connectivity index (χ3v) is 2.59. The predicted molar refractivity (Wildman–Crippen MR) is 65.8 cm³/mol. The first-order valence-electron chi connectivity index (χ1n) is 5.12. The molecule has 1 N–H and O–H groups in total. The van der Waals surface area contributed by atoms with Crippen LogP contribution in [-0.4, -0.2) is 27.0 Å². The highest BCUT2D eigenvalue weighted by Crippen LogP contribution is 2.26. The average molecular weight is 268 g/mol. The van der Waals surface area contributed by atoms with Crippen LogP contribution in [0.4, 0.5) is 5.69 Å². The Bertz CT molecular complexity index is 583. The van der Waals surface area contributed by atoms with E-state index in [9.17, 15) is 10.1 Å². The van der Waals surface area contributed by atoms with E-state index in [4.69, 9.17) is 11.6 Å². The first-order valence-corrected chi connectivity index (χ1v) is 5.49. The van der Waals surface area contributed by atoms with Gasteiger partial charge in [0.05, 0.1) is 22.5 Å². The second-order valence-electron chi connectivity index (χ2n) is 3.58. The molecule has 0 amide bonds. The van der Waals surface area contributed by atoms with Gasteiger partial charge in [0.1, 0.15) is 5.02 Å². The van der Waals surface area contributed by atoms with Crippen molar-refractivity contribution in [3.8, 4) is 5.69 Å². The molecule has 2 aromatic rings. The molecule has 1 aromatic carbocycles. The Hall–Kier alpha value is -1.99. The molecule has 0 unspecified atom stereocenters. The normalized spacial score (nSPS) is 10.6. The third kappa shape index (κ3) is 2.47. The molecule has 8 heteroatoms. The smallest absolute Gasteiger partial charge is 0.288 e. The highest BCUT2D eigenvalue weighted by molar-refractivity contribution is 6.32. The largest absolute Gasteiger partial charge is 0.314 e. The second kappa shape index (κ2) is 5.11. The molecule has 0 spiro atoms. The number of hydrogen-bond donors (Lipinski definition) is 1. The zero-order valence-corrected chi connectivity index (χ0v) is 10.3. The van der Waals surface area contributed by atoms with E-state index < -0.39 is 4.92 Å². The van der Waals surface area contributed by atoms with Crippen molar-refractivity contribution in [1.29, 1.82) is 0 Å². The Morgan fingerprint density at radius 2 is 2.33 bits per heavy atom. The van der Waals surface area contributed by atoms with Crippen LogP contribution in [0.25, 0.3) is 5.69 Å². The summed E-state index contributed by atoms with van der Waals surface area (Å²) in [5.41, 5.74) is 1.27. The molecule has 0 aliphatic rings. The highest BCUT2D eigenvalue weighted by Gasteiger charge is 2.13. The lowest BCUT2D eigenvalue weighted by atomic mass is 10.3. The van der Waals surface area contributed by atoms with Crippen LogP contribution in [0.5, 0.6) is 0 Å². The molecule has 0 aliphatic heterocycles. The van der Waals surface area contributed by atoms with Gasteiger partial charge in [-0.05, 0) is 19.2 Å². The summed E-state index contributed by atoms with van der Waals surface area (Å²) in [5, 5.41) is 21.5. The molecule has 94 valence electrons. The number of hydrogen-bond acceptors (Lipinski definition) is 5. The minimum absolute atomic E-state index is 0.0724. The van der Waals surface area contributed by atoms with E-state index in [1.807, 2.05) is 7.05 Å². The van der Waals surface area contributed by atoms with Crippen LogP contribution < -0.4 is 5.32 Å². The minimum atomic E-state index is -0.528. The van der Waals surface area contributed by atoms with E-state index in [0.717, 1.165) is 5.69 Å². The van der Waals surface area contributed by atoms with Gasteiger partial charge in [0.2, 0.25) is 0 Å². The van der Waals surface area contributed by atoms with Gasteiger partial charge in [-0.2, -0.15) is 0 Å². The zero-order valence-electron chi connectivity index (χ0n) is 9.50. The molecule has 2 rings (SSSR count). The van der Waals surface area contributed by atoms with Crippen molar-refractivity contribution in [2.75, 3.05) is 7.05 Å². The van der Waals surface area contributed by atoms with Crippen LogP contribution >= 0.6 is 11.6 Å². The summed E-state index contributed by atoms with van der Waals surface area (Å²) in [6.07, 6.45) is 1.73. The van der Waals surface area contributed by atoms with E-state index in [1.165, 1.54) is 16.8 Å². The summed E-state index contributed by atoms with van der Waals surface area (Å²) in [4.78, 5) is 10.1. The quantitative estimate of drug-likeness (QED) is 0.671. The Morgan fingerprint density at radius 1 is 1.56 bits per heavy atom. The Balaban J connectivity index is 2.33. The SMILES string of the molecule is CNCc1cn(-c2ccc([N+](=O)[O-])c(Cl)c2)nn1. The average Bonchev–Trinajstić information content (AvgIpc) is 2.77. The summed E-state index contributed by atoms with van der Waals surface area (Å²) < 4.78 is 1.52. The van der Waals surface area contributed by atoms with E-state index in [-0.39, 0.29) is 10.7 Å². The molecule has 0 aliphatic carbocycles. The van der Waals surface area contributed by atoms with Crippen LogP contribution in [-0.2, 0) is 6.54 Å². The van der Waals surface area contributed by atoms with Gasteiger partial charge in [-0.3, -0.25) is 10.1 Å². The summed E-state index contributed by atoms with van der Waals surface area (Å²) in [7, 11) is 1.81. The Morgan fingerprint density at radius 3 is 2.94 bits per heavy atom. The highest BCUT2D eigenvalue weighted by atomic mass is 35.5. The molecular weight excluding hydrogens is 258 g/mol. The second-order valence-corrected chi connectivity index (χ2v) is 3.98. The Labute approximate surface area is 108 Å². The summed E-state index contributed by atoms with van der Waals surface area (Å²) in [6.45, 7) is 0.598. The predicted octanol–water partition coefficient (Wildman–Crippen LogP) is 1.55. The first kappa shape index (κ1) is 12.5. The molecule has 18 heavy (non-hydrogen) atoms. The monoisotopic (exact) mass is 267 g/mol. The standard InChI is InChI=1S/C10H10ClN5O2/c1-12-5-7-6-15(14-13-7)8-2-3-10(16(17)18)9(11)4-8/h2-4,6,12H,5H2,1H3. The molecule has 0 bridgehead atoms. The fourth-order valence-electron chi connectivity index (χ4n) is 1.47. The van der Waals surface area contributed by atoms with Gasteiger partial charge >= 0.3 is 0 Å². The van der Waals surface area contributed by atoms with Crippen molar-refractivity contribution in [2.45, 2.75) is 6.54 Å². The van der Waals surface area contributed by atoms with Gasteiger partial charge in [0, 0.05) is 12.6 Å². The number of nitrogens with zero attached hydrogens (tertiary/aromatic N) is 4. The lowest BCUT2D eigenvalue weighted by Gasteiger charge is -2.01. The number of rotatable bonds is 4. The fourth-order valence-corrected chi connectivity index (χ4v) is 1.72. The molecular formula is C10H10ClN5O2. The number of nitro benzene ring substituents is 1. The van der Waals surface area contributed by atoms with Crippen molar-refractivity contribution in [3.63, 3.8) is 0 Å². The maximum atomic E-state index is 10.6. The molecule has 0 atom stereocenters. The van der Waals surface area contributed by atoms with Crippen LogP contribution in [0.1, 0.15) is 5.69 Å². The maximum absolute atomic E-state index is 10.6. The van der Waals surface area contributed by atoms with E-state index in [1.54, 1.807) is 12.3 Å². The van der Waals surface area contributed by atoms with E-state index in [2.05, 4.69) is 15.6 Å². The number of nitro groups is 1. The van der Waals surface area contributed by atoms with Gasteiger partial charge < -0.3 is 5.32 Å². The molecule has 0 radical (unpaired) electrons.